The number of sulfonamides is 1. The van der Waals surface area contributed by atoms with Gasteiger partial charge in [0.05, 0.1) is 16.8 Å². The second-order valence-corrected chi connectivity index (χ2v) is 5.63. The number of anilines is 2. The highest BCUT2D eigenvalue weighted by atomic mass is 32.2. The number of rotatable bonds is 3. The van der Waals surface area contributed by atoms with Crippen LogP contribution in [0.4, 0.5) is 11.5 Å². The Kier molecular flexibility index (Phi) is 3.74. The molecule has 104 valence electrons. The van der Waals surface area contributed by atoms with Crippen molar-refractivity contribution in [2.45, 2.75) is 4.90 Å². The molecule has 1 aromatic carbocycles. The summed E-state index contributed by atoms with van der Waals surface area (Å²) in [7, 11) is -3.92. The van der Waals surface area contributed by atoms with Gasteiger partial charge in [0.25, 0.3) is 10.0 Å². The Bertz CT molecular complexity index is 878. The molecule has 1 heterocycles. The SMILES string of the molecule is N#Cc1ccc(NS(=O)(=O)c2cccnc2N)cc1C#N. The molecule has 0 fully saturated rings. The Morgan fingerprint density at radius 1 is 1.14 bits per heavy atom. The first-order valence-corrected chi connectivity index (χ1v) is 7.14. The van der Waals surface area contributed by atoms with Crippen LogP contribution in [-0.2, 0) is 10.0 Å². The molecule has 2 aromatic rings. The van der Waals surface area contributed by atoms with E-state index in [1.165, 1.54) is 36.5 Å². The summed E-state index contributed by atoms with van der Waals surface area (Å²) in [4.78, 5) is 3.55. The summed E-state index contributed by atoms with van der Waals surface area (Å²) in [6.07, 6.45) is 1.38. The first kappa shape index (κ1) is 14.3. The third kappa shape index (κ3) is 2.91. The maximum absolute atomic E-state index is 12.2. The fourth-order valence-corrected chi connectivity index (χ4v) is 2.77. The summed E-state index contributed by atoms with van der Waals surface area (Å²) in [6.45, 7) is 0. The predicted octanol–water partition coefficient (Wildman–Crippen LogP) is 1.21. The molecule has 0 atom stereocenters. The van der Waals surface area contributed by atoms with Crippen LogP contribution in [0.25, 0.3) is 0 Å². The number of nitrogens with two attached hydrogens (primary N) is 1. The molecule has 0 aliphatic heterocycles. The van der Waals surface area contributed by atoms with Crippen molar-refractivity contribution in [3.63, 3.8) is 0 Å². The topological polar surface area (TPSA) is 133 Å². The van der Waals surface area contributed by atoms with Gasteiger partial charge in [-0.15, -0.1) is 0 Å². The molecule has 0 bridgehead atoms. The molecule has 0 saturated carbocycles. The van der Waals surface area contributed by atoms with Crippen molar-refractivity contribution in [3.8, 4) is 12.1 Å². The van der Waals surface area contributed by atoms with Gasteiger partial charge in [0.2, 0.25) is 0 Å². The highest BCUT2D eigenvalue weighted by Gasteiger charge is 2.18. The van der Waals surface area contributed by atoms with E-state index in [0.717, 1.165) is 0 Å². The molecule has 0 saturated heterocycles. The van der Waals surface area contributed by atoms with E-state index in [1.807, 2.05) is 12.1 Å². The molecular weight excluding hydrogens is 290 g/mol. The Labute approximate surface area is 121 Å². The number of hydrogen-bond acceptors (Lipinski definition) is 6. The number of nitrogen functional groups attached to an aromatic ring is 1. The van der Waals surface area contributed by atoms with Gasteiger partial charge in [0.15, 0.2) is 0 Å². The standard InChI is InChI=1S/C13H9N5O2S/c14-7-9-3-4-11(6-10(9)8-15)18-21(19,20)12-2-1-5-17-13(12)16/h1-6,18H,(H2,16,17). The van der Waals surface area contributed by atoms with Crippen molar-refractivity contribution in [2.24, 2.45) is 0 Å². The highest BCUT2D eigenvalue weighted by Crippen LogP contribution is 2.21. The summed E-state index contributed by atoms with van der Waals surface area (Å²) >= 11 is 0. The summed E-state index contributed by atoms with van der Waals surface area (Å²) < 4.78 is 26.7. The number of hydrogen-bond donors (Lipinski definition) is 2. The van der Waals surface area contributed by atoms with Gasteiger partial charge in [-0.05, 0) is 30.3 Å². The van der Waals surface area contributed by atoms with Gasteiger partial charge in [0.1, 0.15) is 22.9 Å². The van der Waals surface area contributed by atoms with Crippen LogP contribution in [0.5, 0.6) is 0 Å². The lowest BCUT2D eigenvalue weighted by atomic mass is 10.1. The van der Waals surface area contributed by atoms with Crippen LogP contribution in [0.15, 0.2) is 41.4 Å². The zero-order valence-electron chi connectivity index (χ0n) is 10.6. The lowest BCUT2D eigenvalue weighted by Crippen LogP contribution is -2.15. The van der Waals surface area contributed by atoms with Gasteiger partial charge in [-0.2, -0.15) is 10.5 Å². The van der Waals surface area contributed by atoms with Crippen molar-refractivity contribution in [2.75, 3.05) is 10.5 Å². The van der Waals surface area contributed by atoms with Gasteiger partial charge in [0, 0.05) is 6.20 Å². The molecule has 0 spiro atoms. The largest absolute Gasteiger partial charge is 0.383 e. The van der Waals surface area contributed by atoms with Gasteiger partial charge in [-0.1, -0.05) is 0 Å². The Balaban J connectivity index is 2.41. The van der Waals surface area contributed by atoms with Crippen LogP contribution >= 0.6 is 0 Å². The van der Waals surface area contributed by atoms with Crippen LogP contribution in [0.3, 0.4) is 0 Å². The first-order chi connectivity index (χ1) is 9.97. The molecule has 0 unspecified atom stereocenters. The maximum atomic E-state index is 12.2. The van der Waals surface area contributed by atoms with E-state index in [9.17, 15) is 8.42 Å². The summed E-state index contributed by atoms with van der Waals surface area (Å²) in [5, 5.41) is 17.7. The Morgan fingerprint density at radius 3 is 2.48 bits per heavy atom. The number of nitriles is 2. The molecule has 0 radical (unpaired) electrons. The van der Waals surface area contributed by atoms with Crippen LogP contribution in [0.1, 0.15) is 11.1 Å². The van der Waals surface area contributed by atoms with Crippen molar-refractivity contribution < 1.29 is 8.42 Å². The van der Waals surface area contributed by atoms with Crippen molar-refractivity contribution in [3.05, 3.63) is 47.7 Å². The lowest BCUT2D eigenvalue weighted by Gasteiger charge is -2.09. The van der Waals surface area contributed by atoms with Crippen LogP contribution in [-0.4, -0.2) is 13.4 Å². The molecular formula is C13H9N5O2S. The van der Waals surface area contributed by atoms with E-state index in [0.29, 0.717) is 0 Å². The molecule has 3 N–H and O–H groups in total. The minimum absolute atomic E-state index is 0.0804. The van der Waals surface area contributed by atoms with Crippen molar-refractivity contribution >= 4 is 21.5 Å². The van der Waals surface area contributed by atoms with Crippen molar-refractivity contribution in [1.82, 2.24) is 4.98 Å². The predicted molar refractivity (Wildman–Crippen MR) is 75.3 cm³/mol. The fourth-order valence-electron chi connectivity index (χ4n) is 1.64. The van der Waals surface area contributed by atoms with Gasteiger partial charge in [-0.3, -0.25) is 4.72 Å². The van der Waals surface area contributed by atoms with Gasteiger partial charge >= 0.3 is 0 Å². The number of nitrogens with one attached hydrogen (secondary N) is 1. The normalized spacial score (nSPS) is 10.4. The van der Waals surface area contributed by atoms with Crippen LogP contribution in [0.2, 0.25) is 0 Å². The summed E-state index contributed by atoms with van der Waals surface area (Å²) in [6, 6.07) is 10.5. The van der Waals surface area contributed by atoms with Gasteiger partial charge in [-0.25, -0.2) is 13.4 Å². The van der Waals surface area contributed by atoms with E-state index in [-0.39, 0.29) is 27.5 Å². The smallest absolute Gasteiger partial charge is 0.265 e. The van der Waals surface area contributed by atoms with Crippen LogP contribution in [0, 0.1) is 22.7 Å². The van der Waals surface area contributed by atoms with E-state index in [2.05, 4.69) is 9.71 Å². The van der Waals surface area contributed by atoms with Crippen LogP contribution < -0.4 is 10.5 Å². The average molecular weight is 299 g/mol. The molecule has 21 heavy (non-hydrogen) atoms. The Morgan fingerprint density at radius 2 is 1.86 bits per heavy atom. The zero-order valence-corrected chi connectivity index (χ0v) is 11.4. The molecule has 0 amide bonds. The maximum Gasteiger partial charge on any atom is 0.265 e. The molecule has 2 rings (SSSR count). The van der Waals surface area contributed by atoms with E-state index >= 15 is 0 Å². The number of nitrogens with zero attached hydrogens (tertiary/aromatic N) is 3. The summed E-state index contributed by atoms with van der Waals surface area (Å²) in [5.74, 6) is -0.126. The first-order valence-electron chi connectivity index (χ1n) is 5.65. The molecule has 0 aliphatic carbocycles. The molecule has 1 aromatic heterocycles. The zero-order chi connectivity index (χ0) is 15.5. The second kappa shape index (κ2) is 5.49. The third-order valence-corrected chi connectivity index (χ3v) is 4.03. The average Bonchev–Trinajstić information content (AvgIpc) is 2.47. The number of aromatic nitrogens is 1. The molecule has 0 aliphatic rings. The number of benzene rings is 1. The highest BCUT2D eigenvalue weighted by molar-refractivity contribution is 7.92. The quantitative estimate of drug-likeness (QED) is 0.875. The minimum Gasteiger partial charge on any atom is -0.383 e. The lowest BCUT2D eigenvalue weighted by molar-refractivity contribution is 0.601. The Hall–Kier alpha value is -3.10. The number of pyridine rings is 1. The minimum atomic E-state index is -3.92. The van der Waals surface area contributed by atoms with Crippen molar-refractivity contribution in [1.29, 1.82) is 10.5 Å². The third-order valence-electron chi connectivity index (χ3n) is 2.60. The van der Waals surface area contributed by atoms with Gasteiger partial charge < -0.3 is 5.73 Å². The van der Waals surface area contributed by atoms with E-state index in [4.69, 9.17) is 16.3 Å². The molecule has 8 heteroatoms. The summed E-state index contributed by atoms with van der Waals surface area (Å²) in [5.41, 5.74) is 5.95. The molecule has 7 nitrogen and oxygen atoms in total. The van der Waals surface area contributed by atoms with E-state index < -0.39 is 10.0 Å². The fraction of sp³-hybridized carbons (Fsp3) is 0. The van der Waals surface area contributed by atoms with E-state index in [1.54, 1.807) is 0 Å². The monoisotopic (exact) mass is 299 g/mol. The second-order valence-electron chi connectivity index (χ2n) is 3.98.